The summed E-state index contributed by atoms with van der Waals surface area (Å²) in [4.78, 5) is 11.7. The van der Waals surface area contributed by atoms with Crippen LogP contribution in [0.2, 0.25) is 0 Å². The predicted octanol–water partition coefficient (Wildman–Crippen LogP) is 3.98. The van der Waals surface area contributed by atoms with Crippen molar-refractivity contribution in [3.63, 3.8) is 0 Å². The Labute approximate surface area is 104 Å². The maximum atomic E-state index is 11.7. The number of hydrogen-bond acceptors (Lipinski definition) is 2. The summed E-state index contributed by atoms with van der Waals surface area (Å²) < 4.78 is 0. The molecule has 1 aromatic carbocycles. The summed E-state index contributed by atoms with van der Waals surface area (Å²) in [6, 6.07) is 7.77. The second kappa shape index (κ2) is 6.43. The zero-order chi connectivity index (χ0) is 12.8. The van der Waals surface area contributed by atoms with Crippen LogP contribution in [0.4, 0.5) is 5.69 Å². The largest absolute Gasteiger partial charge is 0.385 e. The van der Waals surface area contributed by atoms with E-state index in [1.807, 2.05) is 38.1 Å². The van der Waals surface area contributed by atoms with Crippen LogP contribution in [0.15, 0.2) is 24.3 Å². The molecule has 2 heteroatoms. The van der Waals surface area contributed by atoms with Crippen LogP contribution in [-0.2, 0) is 0 Å². The third-order valence-electron chi connectivity index (χ3n) is 2.74. The SMILES string of the molecule is CC(C)CCNc1ccc(C(=O)C(C)C)cc1. The van der Waals surface area contributed by atoms with Gasteiger partial charge in [-0.05, 0) is 36.6 Å². The highest BCUT2D eigenvalue weighted by Crippen LogP contribution is 2.13. The van der Waals surface area contributed by atoms with E-state index < -0.39 is 0 Å². The summed E-state index contributed by atoms with van der Waals surface area (Å²) in [5.74, 6) is 0.984. The Morgan fingerprint density at radius 3 is 2.18 bits per heavy atom. The van der Waals surface area contributed by atoms with Gasteiger partial charge < -0.3 is 5.32 Å². The van der Waals surface area contributed by atoms with Crippen molar-refractivity contribution in [1.29, 1.82) is 0 Å². The predicted molar refractivity (Wildman–Crippen MR) is 73.6 cm³/mol. The van der Waals surface area contributed by atoms with E-state index in [1.165, 1.54) is 0 Å². The number of nitrogens with one attached hydrogen (secondary N) is 1. The Morgan fingerprint density at radius 1 is 1.12 bits per heavy atom. The zero-order valence-electron chi connectivity index (χ0n) is 11.3. The monoisotopic (exact) mass is 233 g/mol. The van der Waals surface area contributed by atoms with Gasteiger partial charge in [-0.25, -0.2) is 0 Å². The normalized spacial score (nSPS) is 10.9. The minimum atomic E-state index is 0.0646. The molecule has 1 aromatic rings. The van der Waals surface area contributed by atoms with Crippen molar-refractivity contribution >= 4 is 11.5 Å². The molecule has 0 unspecified atom stereocenters. The van der Waals surface area contributed by atoms with Gasteiger partial charge in [0.1, 0.15) is 0 Å². The number of Topliss-reactive ketones (excluding diaryl/α,β-unsaturated/α-hetero) is 1. The average molecular weight is 233 g/mol. The van der Waals surface area contributed by atoms with Gasteiger partial charge in [0.05, 0.1) is 0 Å². The number of hydrogen-bond donors (Lipinski definition) is 1. The molecular formula is C15H23NO. The molecule has 1 N–H and O–H groups in total. The zero-order valence-corrected chi connectivity index (χ0v) is 11.3. The molecule has 0 heterocycles. The first kappa shape index (κ1) is 13.8. The number of carbonyl (C=O) groups is 1. The van der Waals surface area contributed by atoms with Crippen LogP contribution in [0, 0.1) is 11.8 Å². The molecule has 0 amide bonds. The Bertz CT molecular complexity index is 352. The summed E-state index contributed by atoms with van der Waals surface area (Å²) in [5.41, 5.74) is 1.89. The lowest BCUT2D eigenvalue weighted by atomic mass is 10.0. The fourth-order valence-corrected chi connectivity index (χ4v) is 1.59. The van der Waals surface area contributed by atoms with Gasteiger partial charge in [-0.3, -0.25) is 4.79 Å². The van der Waals surface area contributed by atoms with Gasteiger partial charge in [-0.15, -0.1) is 0 Å². The van der Waals surface area contributed by atoms with E-state index in [-0.39, 0.29) is 11.7 Å². The smallest absolute Gasteiger partial charge is 0.165 e. The molecule has 0 radical (unpaired) electrons. The van der Waals surface area contributed by atoms with Crippen molar-refractivity contribution in [1.82, 2.24) is 0 Å². The van der Waals surface area contributed by atoms with Crippen LogP contribution >= 0.6 is 0 Å². The fraction of sp³-hybridized carbons (Fsp3) is 0.533. The first-order valence-corrected chi connectivity index (χ1v) is 6.39. The lowest BCUT2D eigenvalue weighted by Gasteiger charge is -2.09. The van der Waals surface area contributed by atoms with E-state index in [0.717, 1.165) is 24.2 Å². The summed E-state index contributed by atoms with van der Waals surface area (Å²) in [6.45, 7) is 9.27. The van der Waals surface area contributed by atoms with E-state index in [1.54, 1.807) is 0 Å². The topological polar surface area (TPSA) is 29.1 Å². The summed E-state index contributed by atoms with van der Waals surface area (Å²) >= 11 is 0. The standard InChI is InChI=1S/C15H23NO/c1-11(2)9-10-16-14-7-5-13(6-8-14)15(17)12(3)4/h5-8,11-12,16H,9-10H2,1-4H3. The van der Waals surface area contributed by atoms with Gasteiger partial charge in [0.15, 0.2) is 5.78 Å². The van der Waals surface area contributed by atoms with Gasteiger partial charge in [-0.2, -0.15) is 0 Å². The van der Waals surface area contributed by atoms with Crippen LogP contribution in [-0.4, -0.2) is 12.3 Å². The lowest BCUT2D eigenvalue weighted by molar-refractivity contribution is 0.0939. The molecule has 0 aliphatic heterocycles. The highest BCUT2D eigenvalue weighted by atomic mass is 16.1. The molecule has 2 nitrogen and oxygen atoms in total. The van der Waals surface area contributed by atoms with Crippen LogP contribution in [0.25, 0.3) is 0 Å². The molecule has 0 fully saturated rings. The molecule has 94 valence electrons. The maximum Gasteiger partial charge on any atom is 0.165 e. The molecule has 0 spiro atoms. The molecule has 0 saturated heterocycles. The second-order valence-corrected chi connectivity index (χ2v) is 5.21. The fourth-order valence-electron chi connectivity index (χ4n) is 1.59. The number of benzene rings is 1. The first-order valence-electron chi connectivity index (χ1n) is 6.39. The Kier molecular flexibility index (Phi) is 5.20. The molecule has 1 rings (SSSR count). The van der Waals surface area contributed by atoms with E-state index >= 15 is 0 Å². The Morgan fingerprint density at radius 2 is 1.71 bits per heavy atom. The minimum absolute atomic E-state index is 0.0646. The van der Waals surface area contributed by atoms with Gasteiger partial charge in [0, 0.05) is 23.7 Å². The Balaban J connectivity index is 2.53. The molecule has 0 atom stereocenters. The average Bonchev–Trinajstić information content (AvgIpc) is 2.28. The van der Waals surface area contributed by atoms with Crippen molar-refractivity contribution in [2.45, 2.75) is 34.1 Å². The van der Waals surface area contributed by atoms with Crippen molar-refractivity contribution < 1.29 is 4.79 Å². The van der Waals surface area contributed by atoms with Crippen LogP contribution in [0.1, 0.15) is 44.5 Å². The van der Waals surface area contributed by atoms with E-state index in [2.05, 4.69) is 19.2 Å². The van der Waals surface area contributed by atoms with Gasteiger partial charge in [-0.1, -0.05) is 27.7 Å². The molecule has 17 heavy (non-hydrogen) atoms. The highest BCUT2D eigenvalue weighted by Gasteiger charge is 2.09. The molecule has 0 aliphatic rings. The second-order valence-electron chi connectivity index (χ2n) is 5.21. The number of anilines is 1. The molecule has 0 bridgehead atoms. The highest BCUT2D eigenvalue weighted by molar-refractivity contribution is 5.97. The molecule has 0 aromatic heterocycles. The molecule has 0 saturated carbocycles. The van der Waals surface area contributed by atoms with Crippen molar-refractivity contribution in [3.05, 3.63) is 29.8 Å². The third-order valence-corrected chi connectivity index (χ3v) is 2.74. The van der Waals surface area contributed by atoms with E-state index in [9.17, 15) is 4.79 Å². The molecular weight excluding hydrogens is 210 g/mol. The lowest BCUT2D eigenvalue weighted by Crippen LogP contribution is -2.08. The van der Waals surface area contributed by atoms with Crippen molar-refractivity contribution in [2.24, 2.45) is 11.8 Å². The summed E-state index contributed by atoms with van der Waals surface area (Å²) in [5, 5.41) is 3.36. The van der Waals surface area contributed by atoms with E-state index in [0.29, 0.717) is 5.92 Å². The maximum absolute atomic E-state index is 11.7. The van der Waals surface area contributed by atoms with Crippen LogP contribution in [0.5, 0.6) is 0 Å². The van der Waals surface area contributed by atoms with E-state index in [4.69, 9.17) is 0 Å². The summed E-state index contributed by atoms with van der Waals surface area (Å²) in [6.07, 6.45) is 1.16. The molecule has 0 aliphatic carbocycles. The number of ketones is 1. The van der Waals surface area contributed by atoms with Gasteiger partial charge in [0.2, 0.25) is 0 Å². The van der Waals surface area contributed by atoms with Crippen molar-refractivity contribution in [2.75, 3.05) is 11.9 Å². The van der Waals surface area contributed by atoms with Crippen LogP contribution < -0.4 is 5.32 Å². The third kappa shape index (κ3) is 4.59. The van der Waals surface area contributed by atoms with Crippen LogP contribution in [0.3, 0.4) is 0 Å². The first-order chi connectivity index (χ1) is 8.00. The Hall–Kier alpha value is -1.31. The number of carbonyl (C=O) groups excluding carboxylic acids is 1. The van der Waals surface area contributed by atoms with Gasteiger partial charge in [0.25, 0.3) is 0 Å². The van der Waals surface area contributed by atoms with Crippen molar-refractivity contribution in [3.8, 4) is 0 Å². The quantitative estimate of drug-likeness (QED) is 0.753. The number of rotatable bonds is 6. The van der Waals surface area contributed by atoms with Gasteiger partial charge >= 0.3 is 0 Å². The summed E-state index contributed by atoms with van der Waals surface area (Å²) in [7, 11) is 0. The minimum Gasteiger partial charge on any atom is -0.385 e.